The molecule has 1 saturated carbocycles. The molecule has 0 aliphatic heterocycles. The molecule has 0 aromatic carbocycles. The molecular formula is C11H19N5O. The molecule has 1 amide bonds. The van der Waals surface area contributed by atoms with Crippen molar-refractivity contribution < 1.29 is 4.79 Å². The number of H-pyrrole nitrogens is 1. The minimum Gasteiger partial charge on any atom is -0.338 e. The van der Waals surface area contributed by atoms with E-state index >= 15 is 0 Å². The average Bonchev–Trinajstić information content (AvgIpc) is 2.81. The van der Waals surface area contributed by atoms with Crippen LogP contribution in [-0.2, 0) is 11.3 Å². The van der Waals surface area contributed by atoms with Crippen LogP contribution in [0.5, 0.6) is 0 Å². The number of amides is 1. The van der Waals surface area contributed by atoms with Crippen molar-refractivity contribution in [2.24, 2.45) is 11.7 Å². The number of hydrogen-bond acceptors (Lipinski definition) is 4. The summed E-state index contributed by atoms with van der Waals surface area (Å²) in [6.45, 7) is 0.460. The third-order valence-corrected chi connectivity index (χ3v) is 3.36. The van der Waals surface area contributed by atoms with Crippen molar-refractivity contribution in [3.63, 3.8) is 0 Å². The van der Waals surface area contributed by atoms with Gasteiger partial charge in [0.15, 0.2) is 0 Å². The minimum absolute atomic E-state index is 0.00780. The fraction of sp³-hybridized carbons (Fsp3) is 0.727. The molecule has 6 heteroatoms. The normalized spacial score (nSPS) is 24.6. The summed E-state index contributed by atoms with van der Waals surface area (Å²) in [6.07, 6.45) is 5.53. The van der Waals surface area contributed by atoms with Crippen LogP contribution in [0, 0.1) is 5.92 Å². The van der Waals surface area contributed by atoms with E-state index in [0.717, 1.165) is 25.7 Å². The Kier molecular flexibility index (Phi) is 3.73. The van der Waals surface area contributed by atoms with Gasteiger partial charge in [-0.25, -0.2) is 4.98 Å². The molecule has 0 bridgehead atoms. The molecular weight excluding hydrogens is 218 g/mol. The molecule has 1 fully saturated rings. The van der Waals surface area contributed by atoms with Gasteiger partial charge in [-0.05, 0) is 12.8 Å². The Morgan fingerprint density at radius 1 is 1.59 bits per heavy atom. The fourth-order valence-corrected chi connectivity index (χ4v) is 2.36. The highest BCUT2D eigenvalue weighted by Gasteiger charge is 2.30. The maximum absolute atomic E-state index is 12.2. The van der Waals surface area contributed by atoms with Gasteiger partial charge in [-0.2, -0.15) is 5.10 Å². The molecule has 1 aliphatic rings. The Morgan fingerprint density at radius 2 is 2.35 bits per heavy atom. The zero-order valence-electron chi connectivity index (χ0n) is 10.1. The Bertz CT molecular complexity index is 364. The second kappa shape index (κ2) is 5.27. The maximum atomic E-state index is 12.2. The largest absolute Gasteiger partial charge is 0.338 e. The predicted molar refractivity (Wildman–Crippen MR) is 62.8 cm³/mol. The number of aromatic nitrogens is 3. The molecule has 1 heterocycles. The summed E-state index contributed by atoms with van der Waals surface area (Å²) in [5.41, 5.74) is 6.01. The van der Waals surface area contributed by atoms with Gasteiger partial charge in [0.2, 0.25) is 5.91 Å². The lowest BCUT2D eigenvalue weighted by Crippen LogP contribution is -2.44. The van der Waals surface area contributed by atoms with Gasteiger partial charge in [-0.1, -0.05) is 12.8 Å². The maximum Gasteiger partial charge on any atom is 0.227 e. The third kappa shape index (κ3) is 2.82. The Balaban J connectivity index is 1.94. The second-order valence-corrected chi connectivity index (χ2v) is 4.68. The van der Waals surface area contributed by atoms with Crippen molar-refractivity contribution in [3.8, 4) is 0 Å². The molecule has 1 aliphatic carbocycles. The first-order valence-electron chi connectivity index (χ1n) is 6.03. The summed E-state index contributed by atoms with van der Waals surface area (Å²) in [7, 11) is 1.78. The highest BCUT2D eigenvalue weighted by atomic mass is 16.2. The standard InChI is InChI=1S/C11H19N5O/c1-16(6-10-13-7-14-15-10)11(17)8-4-2-3-5-9(8)12/h7-9H,2-6,12H2,1H3,(H,13,14,15). The van der Waals surface area contributed by atoms with Crippen molar-refractivity contribution in [1.29, 1.82) is 0 Å². The van der Waals surface area contributed by atoms with Crippen molar-refractivity contribution in [2.45, 2.75) is 38.3 Å². The van der Waals surface area contributed by atoms with Crippen LogP contribution in [0.1, 0.15) is 31.5 Å². The monoisotopic (exact) mass is 237 g/mol. The molecule has 94 valence electrons. The molecule has 1 aromatic rings. The topological polar surface area (TPSA) is 87.9 Å². The lowest BCUT2D eigenvalue weighted by Gasteiger charge is -2.30. The van der Waals surface area contributed by atoms with E-state index in [1.807, 2.05) is 0 Å². The van der Waals surface area contributed by atoms with Crippen molar-refractivity contribution >= 4 is 5.91 Å². The lowest BCUT2D eigenvalue weighted by atomic mass is 9.84. The molecule has 0 spiro atoms. The van der Waals surface area contributed by atoms with E-state index in [4.69, 9.17) is 5.73 Å². The molecule has 2 unspecified atom stereocenters. The van der Waals surface area contributed by atoms with Crippen molar-refractivity contribution in [3.05, 3.63) is 12.2 Å². The summed E-state index contributed by atoms with van der Waals surface area (Å²) in [5.74, 6) is 0.788. The summed E-state index contributed by atoms with van der Waals surface area (Å²) >= 11 is 0. The van der Waals surface area contributed by atoms with Gasteiger partial charge in [0.1, 0.15) is 12.2 Å². The van der Waals surface area contributed by atoms with Crippen LogP contribution in [0.25, 0.3) is 0 Å². The van der Waals surface area contributed by atoms with Gasteiger partial charge in [0, 0.05) is 13.1 Å². The van der Waals surface area contributed by atoms with E-state index in [1.54, 1.807) is 11.9 Å². The SMILES string of the molecule is CN(Cc1ncn[nH]1)C(=O)C1CCCCC1N. The number of rotatable bonds is 3. The lowest BCUT2D eigenvalue weighted by molar-refractivity contribution is -0.136. The van der Waals surface area contributed by atoms with Gasteiger partial charge in [-0.3, -0.25) is 9.89 Å². The number of carbonyl (C=O) groups excluding carboxylic acids is 1. The number of hydrogen-bond donors (Lipinski definition) is 2. The number of nitrogens with two attached hydrogens (primary N) is 1. The molecule has 6 nitrogen and oxygen atoms in total. The first-order chi connectivity index (χ1) is 8.18. The van der Waals surface area contributed by atoms with Gasteiger partial charge in [0.05, 0.1) is 12.5 Å². The van der Waals surface area contributed by atoms with E-state index < -0.39 is 0 Å². The summed E-state index contributed by atoms with van der Waals surface area (Å²) < 4.78 is 0. The minimum atomic E-state index is -0.0309. The van der Waals surface area contributed by atoms with Crippen LogP contribution in [0.15, 0.2) is 6.33 Å². The van der Waals surface area contributed by atoms with E-state index in [-0.39, 0.29) is 17.9 Å². The van der Waals surface area contributed by atoms with E-state index in [1.165, 1.54) is 6.33 Å². The summed E-state index contributed by atoms with van der Waals surface area (Å²) in [4.78, 5) is 17.9. The first-order valence-corrected chi connectivity index (χ1v) is 6.03. The number of aromatic amines is 1. The van der Waals surface area contributed by atoms with E-state index in [0.29, 0.717) is 12.4 Å². The molecule has 3 N–H and O–H groups in total. The Labute approximate surface area is 101 Å². The zero-order chi connectivity index (χ0) is 12.3. The Hall–Kier alpha value is -1.43. The number of nitrogens with one attached hydrogen (secondary N) is 1. The van der Waals surface area contributed by atoms with Crippen LogP contribution in [0.3, 0.4) is 0 Å². The van der Waals surface area contributed by atoms with Crippen LogP contribution in [-0.4, -0.2) is 39.1 Å². The summed E-state index contributed by atoms with van der Waals surface area (Å²) in [6, 6.07) is 0.00780. The van der Waals surface area contributed by atoms with Gasteiger partial charge in [0.25, 0.3) is 0 Å². The summed E-state index contributed by atoms with van der Waals surface area (Å²) in [5, 5.41) is 6.51. The van der Waals surface area contributed by atoms with Gasteiger partial charge in [-0.15, -0.1) is 0 Å². The van der Waals surface area contributed by atoms with Crippen molar-refractivity contribution in [1.82, 2.24) is 20.1 Å². The molecule has 17 heavy (non-hydrogen) atoms. The predicted octanol–water partition coefficient (Wildman–Crippen LogP) is 0.281. The zero-order valence-corrected chi connectivity index (χ0v) is 10.1. The van der Waals surface area contributed by atoms with E-state index in [9.17, 15) is 4.79 Å². The number of carbonyl (C=O) groups is 1. The third-order valence-electron chi connectivity index (χ3n) is 3.36. The second-order valence-electron chi connectivity index (χ2n) is 4.68. The van der Waals surface area contributed by atoms with E-state index in [2.05, 4.69) is 15.2 Å². The molecule has 1 aromatic heterocycles. The van der Waals surface area contributed by atoms with Gasteiger partial charge >= 0.3 is 0 Å². The van der Waals surface area contributed by atoms with Crippen LogP contribution in [0.4, 0.5) is 0 Å². The molecule has 2 atom stereocenters. The number of nitrogens with zero attached hydrogens (tertiary/aromatic N) is 3. The van der Waals surface area contributed by atoms with Crippen LogP contribution in [0.2, 0.25) is 0 Å². The smallest absolute Gasteiger partial charge is 0.227 e. The fourth-order valence-electron chi connectivity index (χ4n) is 2.36. The highest BCUT2D eigenvalue weighted by molar-refractivity contribution is 5.79. The first kappa shape index (κ1) is 12.0. The van der Waals surface area contributed by atoms with Crippen LogP contribution >= 0.6 is 0 Å². The highest BCUT2D eigenvalue weighted by Crippen LogP contribution is 2.24. The average molecular weight is 237 g/mol. The molecule has 0 radical (unpaired) electrons. The van der Waals surface area contributed by atoms with Gasteiger partial charge < -0.3 is 10.6 Å². The molecule has 2 rings (SSSR count). The molecule has 0 saturated heterocycles. The van der Waals surface area contributed by atoms with Crippen LogP contribution < -0.4 is 5.73 Å². The van der Waals surface area contributed by atoms with Crippen molar-refractivity contribution in [2.75, 3.05) is 7.05 Å². The Morgan fingerprint density at radius 3 is 3.00 bits per heavy atom. The quantitative estimate of drug-likeness (QED) is 0.790.